The molecule has 250 valence electrons. The monoisotopic (exact) mass is 674 g/mol. The Kier molecular flexibility index (Phi) is 8.96. The van der Waals surface area contributed by atoms with Crippen molar-refractivity contribution in [3.05, 3.63) is 47.8 Å². The van der Waals surface area contributed by atoms with E-state index >= 15 is 0 Å². The number of halogens is 5. The number of hydrogen-bond donors (Lipinski definition) is 3. The molecule has 2 aromatic rings. The quantitative estimate of drug-likeness (QED) is 0.314. The van der Waals surface area contributed by atoms with Crippen molar-refractivity contribution in [1.29, 1.82) is 0 Å². The fraction of sp³-hybridized carbons (Fsp3) is 0.500. The van der Waals surface area contributed by atoms with Crippen molar-refractivity contribution in [3.63, 3.8) is 0 Å². The maximum absolute atomic E-state index is 14.9. The van der Waals surface area contributed by atoms with E-state index < -0.39 is 67.6 Å². The van der Waals surface area contributed by atoms with Crippen molar-refractivity contribution in [1.82, 2.24) is 5.32 Å². The van der Waals surface area contributed by atoms with E-state index in [4.69, 9.17) is 14.6 Å². The number of methoxy groups -OCH3 is 1. The highest BCUT2D eigenvalue weighted by atomic mass is 32.2. The zero-order chi connectivity index (χ0) is 33.6. The zero-order valence-electron chi connectivity index (χ0n) is 24.4. The fourth-order valence-corrected chi connectivity index (χ4v) is 7.54. The number of carboxylic acids is 1. The van der Waals surface area contributed by atoms with Gasteiger partial charge in [-0.05, 0) is 81.0 Å². The second kappa shape index (κ2) is 12.3. The predicted octanol–water partition coefficient (Wildman–Crippen LogP) is 5.03. The maximum atomic E-state index is 14.9. The summed E-state index contributed by atoms with van der Waals surface area (Å²) in [6, 6.07) is 5.16. The molecule has 3 saturated carbocycles. The number of alkyl halides is 4. The minimum atomic E-state index is -5.65. The Hall–Kier alpha value is -3.95. The van der Waals surface area contributed by atoms with Crippen LogP contribution in [0, 0.1) is 23.6 Å². The molecule has 3 aliphatic carbocycles. The van der Waals surface area contributed by atoms with E-state index in [1.165, 1.54) is 13.2 Å². The summed E-state index contributed by atoms with van der Waals surface area (Å²) in [4.78, 5) is 37.2. The van der Waals surface area contributed by atoms with Crippen molar-refractivity contribution < 1.29 is 59.3 Å². The van der Waals surface area contributed by atoms with Crippen LogP contribution in [0.3, 0.4) is 0 Å². The predicted molar refractivity (Wildman–Crippen MR) is 151 cm³/mol. The van der Waals surface area contributed by atoms with Gasteiger partial charge in [-0.2, -0.15) is 13.2 Å². The van der Waals surface area contributed by atoms with Gasteiger partial charge in [0.05, 0.1) is 29.6 Å². The van der Waals surface area contributed by atoms with E-state index in [1.807, 2.05) is 0 Å². The Morgan fingerprint density at radius 2 is 1.67 bits per heavy atom. The van der Waals surface area contributed by atoms with Gasteiger partial charge in [0.25, 0.3) is 15.7 Å². The average molecular weight is 675 g/mol. The number of anilines is 1. The topological polar surface area (TPSA) is 148 Å². The smallest absolute Gasteiger partial charge is 0.496 e. The van der Waals surface area contributed by atoms with Crippen LogP contribution in [0.25, 0.3) is 0 Å². The minimum Gasteiger partial charge on any atom is -0.496 e. The molecule has 3 N–H and O–H groups in total. The highest BCUT2D eigenvalue weighted by Crippen LogP contribution is 2.49. The lowest BCUT2D eigenvalue weighted by molar-refractivity contribution is -0.154. The van der Waals surface area contributed by atoms with E-state index in [-0.39, 0.29) is 60.3 Å². The molecule has 0 spiro atoms. The van der Waals surface area contributed by atoms with E-state index in [0.717, 1.165) is 24.3 Å². The molecule has 0 radical (unpaired) electrons. The molecule has 46 heavy (non-hydrogen) atoms. The van der Waals surface area contributed by atoms with Gasteiger partial charge >= 0.3 is 11.5 Å². The molecule has 0 unspecified atom stereocenters. The van der Waals surface area contributed by atoms with Crippen LogP contribution in [0.1, 0.15) is 55.3 Å². The lowest BCUT2D eigenvalue weighted by Crippen LogP contribution is -2.48. The first-order chi connectivity index (χ1) is 21.5. The largest absolute Gasteiger partial charge is 0.501 e. The first-order valence-corrected chi connectivity index (χ1v) is 16.0. The number of aliphatic carboxylic acids is 1. The minimum absolute atomic E-state index is 0.00275. The van der Waals surface area contributed by atoms with Crippen LogP contribution in [0.4, 0.5) is 27.6 Å². The number of fused-ring (bicyclic) bond motifs is 2. The van der Waals surface area contributed by atoms with Gasteiger partial charge in [0.15, 0.2) is 11.6 Å². The van der Waals surface area contributed by atoms with Gasteiger partial charge in [-0.25, -0.2) is 22.0 Å². The van der Waals surface area contributed by atoms with Gasteiger partial charge in [0, 0.05) is 17.8 Å². The first kappa shape index (κ1) is 33.4. The van der Waals surface area contributed by atoms with Crippen LogP contribution in [-0.2, 0) is 19.4 Å². The second-order valence-corrected chi connectivity index (χ2v) is 13.8. The van der Waals surface area contributed by atoms with Gasteiger partial charge in [0.2, 0.25) is 11.6 Å². The standard InChI is InChI=1S/C30H31F5N2O8S/c1-44-22-14-21(31)23(45-18-7-9-29(32,10-8-18)28(40)41)13-20(22)26(38)37-25-16-6-5-15(11-16)24(25)27(39)36-17-3-2-4-19(12-17)46(42,43)30(33,34)35/h2-4,12-16,18,24-25H,5-11H2,1H3,(H,36,39)(H,37,38)(H,40,41)/t15-,16+,18-,24+,25-,29-/m1/s1. The van der Waals surface area contributed by atoms with Crippen LogP contribution in [0.15, 0.2) is 41.3 Å². The molecular weight excluding hydrogens is 643 g/mol. The molecule has 2 aromatic carbocycles. The number of carbonyl (C=O) groups is 3. The highest BCUT2D eigenvalue weighted by Gasteiger charge is 2.52. The van der Waals surface area contributed by atoms with Crippen LogP contribution in [0.2, 0.25) is 0 Å². The van der Waals surface area contributed by atoms with Crippen LogP contribution < -0.4 is 20.1 Å². The van der Waals surface area contributed by atoms with Crippen LogP contribution in [0.5, 0.6) is 11.5 Å². The molecule has 16 heteroatoms. The van der Waals surface area contributed by atoms with Crippen LogP contribution >= 0.6 is 0 Å². The molecule has 2 bridgehead atoms. The molecule has 10 nitrogen and oxygen atoms in total. The van der Waals surface area contributed by atoms with Gasteiger partial charge in [-0.1, -0.05) is 6.07 Å². The van der Waals surface area contributed by atoms with E-state index in [9.17, 15) is 44.8 Å². The van der Waals surface area contributed by atoms with E-state index in [0.29, 0.717) is 25.3 Å². The Bertz CT molecular complexity index is 1640. The number of carbonyl (C=O) groups excluding carboxylic acids is 2. The maximum Gasteiger partial charge on any atom is 0.501 e. The molecule has 3 fully saturated rings. The summed E-state index contributed by atoms with van der Waals surface area (Å²) in [6.45, 7) is 0. The third-order valence-electron chi connectivity index (χ3n) is 9.13. The summed E-state index contributed by atoms with van der Waals surface area (Å²) in [7, 11) is -4.43. The number of benzene rings is 2. The van der Waals surface area contributed by atoms with Crippen molar-refractivity contribution >= 4 is 33.3 Å². The summed E-state index contributed by atoms with van der Waals surface area (Å²) in [5, 5.41) is 14.4. The van der Waals surface area contributed by atoms with E-state index in [1.54, 1.807) is 0 Å². The molecule has 4 atom stereocenters. The third kappa shape index (κ3) is 6.35. The molecular formula is C30H31F5N2O8S. The van der Waals surface area contributed by atoms with Crippen molar-refractivity contribution in [2.45, 2.75) is 73.2 Å². The average Bonchev–Trinajstić information content (AvgIpc) is 3.60. The van der Waals surface area contributed by atoms with Crippen LogP contribution in [-0.4, -0.2) is 61.7 Å². The number of sulfone groups is 1. The number of ether oxygens (including phenoxy) is 2. The Morgan fingerprint density at radius 1 is 1.00 bits per heavy atom. The second-order valence-electron chi connectivity index (χ2n) is 11.9. The Balaban J connectivity index is 1.32. The van der Waals surface area contributed by atoms with Gasteiger partial charge in [-0.3, -0.25) is 9.59 Å². The van der Waals surface area contributed by atoms with Gasteiger partial charge in [0.1, 0.15) is 5.75 Å². The number of hydrogen-bond acceptors (Lipinski definition) is 7. The molecule has 2 amide bonds. The van der Waals surface area contributed by atoms with E-state index in [2.05, 4.69) is 10.6 Å². The van der Waals surface area contributed by atoms with Gasteiger partial charge < -0.3 is 25.2 Å². The van der Waals surface area contributed by atoms with Crippen molar-refractivity contribution in [2.75, 3.05) is 12.4 Å². The first-order valence-electron chi connectivity index (χ1n) is 14.5. The van der Waals surface area contributed by atoms with Gasteiger partial charge in [-0.15, -0.1) is 0 Å². The Labute approximate surface area is 260 Å². The molecule has 3 aliphatic rings. The number of nitrogens with one attached hydrogen (secondary N) is 2. The lowest BCUT2D eigenvalue weighted by Gasteiger charge is -2.32. The van der Waals surface area contributed by atoms with Crippen molar-refractivity contribution in [3.8, 4) is 11.5 Å². The molecule has 5 rings (SSSR count). The normalized spacial score (nSPS) is 27.6. The molecule has 0 heterocycles. The summed E-state index contributed by atoms with van der Waals surface area (Å²) >= 11 is 0. The molecule has 0 aromatic heterocycles. The number of rotatable bonds is 9. The summed E-state index contributed by atoms with van der Waals surface area (Å²) < 4.78 is 103. The SMILES string of the molecule is COc1cc(F)c(O[C@H]2CC[C@@](F)(C(=O)O)CC2)cc1C(=O)N[C@@H]1[C@H]2CC[C@H](C2)[C@@H]1C(=O)Nc1cccc(S(=O)(=O)C(F)(F)F)c1. The highest BCUT2D eigenvalue weighted by molar-refractivity contribution is 7.92. The lowest BCUT2D eigenvalue weighted by atomic mass is 9.83. The number of amides is 2. The molecule has 0 aliphatic heterocycles. The van der Waals surface area contributed by atoms with Crippen molar-refractivity contribution in [2.24, 2.45) is 17.8 Å². The molecule has 0 saturated heterocycles. The number of carboxylic acid groups (broad SMARTS) is 1. The fourth-order valence-electron chi connectivity index (χ4n) is 6.74. The summed E-state index contributed by atoms with van der Waals surface area (Å²) in [5.41, 5.74) is -8.21. The summed E-state index contributed by atoms with van der Waals surface area (Å²) in [5.74, 6) is -5.30. The zero-order valence-corrected chi connectivity index (χ0v) is 25.2. The summed E-state index contributed by atoms with van der Waals surface area (Å²) in [6.07, 6.45) is 0.605. The Morgan fingerprint density at radius 3 is 2.30 bits per heavy atom. The third-order valence-corrected chi connectivity index (χ3v) is 10.6.